The Hall–Kier alpha value is -2.38. The number of guanidine groups is 1. The topological polar surface area (TPSA) is 54.2 Å². The minimum Gasteiger partial charge on any atom is -0.370 e. The molecule has 28 heavy (non-hydrogen) atoms. The first-order valence-electron chi connectivity index (χ1n) is 9.77. The fraction of sp³-hybridized carbons (Fsp3) is 0.429. The zero-order valence-corrected chi connectivity index (χ0v) is 17.5. The maximum absolute atomic E-state index is 6.10. The SMILES string of the molecule is CCNC(=NCc1cn2ccsc2n1)N1CCOC(c2ccc(C)cc2C)C1. The molecular weight excluding hydrogens is 370 g/mol. The molecule has 0 aliphatic carbocycles. The molecule has 1 aliphatic rings. The van der Waals surface area contributed by atoms with Gasteiger partial charge in [-0.3, -0.25) is 4.40 Å². The van der Waals surface area contributed by atoms with Crippen molar-refractivity contribution in [1.29, 1.82) is 0 Å². The number of thiazole rings is 1. The van der Waals surface area contributed by atoms with Crippen molar-refractivity contribution in [1.82, 2.24) is 19.6 Å². The Morgan fingerprint density at radius 3 is 3.07 bits per heavy atom. The van der Waals surface area contributed by atoms with E-state index in [0.29, 0.717) is 13.2 Å². The lowest BCUT2D eigenvalue weighted by molar-refractivity contribution is -0.00834. The molecule has 148 valence electrons. The number of fused-ring (bicyclic) bond motifs is 1. The summed E-state index contributed by atoms with van der Waals surface area (Å²) in [7, 11) is 0. The molecule has 0 saturated carbocycles. The Labute approximate surface area is 169 Å². The van der Waals surface area contributed by atoms with Crippen LogP contribution in [0.25, 0.3) is 4.96 Å². The number of morpholine rings is 1. The smallest absolute Gasteiger partial charge is 0.194 e. The Morgan fingerprint density at radius 2 is 2.29 bits per heavy atom. The monoisotopic (exact) mass is 397 g/mol. The second kappa shape index (κ2) is 8.32. The highest BCUT2D eigenvalue weighted by Crippen LogP contribution is 2.26. The van der Waals surface area contributed by atoms with Crippen LogP contribution in [0.4, 0.5) is 0 Å². The highest BCUT2D eigenvalue weighted by molar-refractivity contribution is 7.15. The van der Waals surface area contributed by atoms with Gasteiger partial charge in [-0.25, -0.2) is 9.98 Å². The molecule has 4 rings (SSSR count). The number of hydrogen-bond donors (Lipinski definition) is 1. The van der Waals surface area contributed by atoms with Gasteiger partial charge in [0.1, 0.15) is 6.10 Å². The number of ether oxygens (including phenoxy) is 1. The molecule has 1 atom stereocenters. The third-order valence-electron chi connectivity index (χ3n) is 5.01. The molecule has 1 aromatic carbocycles. The van der Waals surface area contributed by atoms with Gasteiger partial charge in [-0.2, -0.15) is 0 Å². The molecule has 0 radical (unpaired) electrons. The quantitative estimate of drug-likeness (QED) is 0.540. The van der Waals surface area contributed by atoms with E-state index in [9.17, 15) is 0 Å². The predicted molar refractivity (Wildman–Crippen MR) is 114 cm³/mol. The van der Waals surface area contributed by atoms with Crippen LogP contribution in [-0.4, -0.2) is 46.5 Å². The van der Waals surface area contributed by atoms with Gasteiger partial charge in [0.2, 0.25) is 0 Å². The van der Waals surface area contributed by atoms with Crippen LogP contribution in [0.15, 0.2) is 41.0 Å². The van der Waals surface area contributed by atoms with Crippen molar-refractivity contribution >= 4 is 22.3 Å². The predicted octanol–water partition coefficient (Wildman–Crippen LogP) is 3.55. The highest BCUT2D eigenvalue weighted by atomic mass is 32.1. The van der Waals surface area contributed by atoms with Gasteiger partial charge in [0, 0.05) is 30.9 Å². The molecule has 1 fully saturated rings. The minimum atomic E-state index is 0.0659. The van der Waals surface area contributed by atoms with E-state index < -0.39 is 0 Å². The summed E-state index contributed by atoms with van der Waals surface area (Å²) in [6, 6.07) is 6.58. The molecule has 3 aromatic rings. The second-order valence-electron chi connectivity index (χ2n) is 7.16. The van der Waals surface area contributed by atoms with Crippen LogP contribution in [0.5, 0.6) is 0 Å². The van der Waals surface area contributed by atoms with E-state index in [1.807, 2.05) is 16.0 Å². The van der Waals surface area contributed by atoms with Crippen LogP contribution in [-0.2, 0) is 11.3 Å². The summed E-state index contributed by atoms with van der Waals surface area (Å²) >= 11 is 1.64. The van der Waals surface area contributed by atoms with E-state index in [-0.39, 0.29) is 6.10 Å². The summed E-state index contributed by atoms with van der Waals surface area (Å²) in [4.78, 5) is 12.8. The van der Waals surface area contributed by atoms with Crippen LogP contribution in [0.2, 0.25) is 0 Å². The van der Waals surface area contributed by atoms with Gasteiger partial charge in [-0.15, -0.1) is 11.3 Å². The number of aryl methyl sites for hydroxylation is 2. The van der Waals surface area contributed by atoms with Crippen molar-refractivity contribution in [3.05, 3.63) is 58.4 Å². The van der Waals surface area contributed by atoms with E-state index in [1.54, 1.807) is 11.3 Å². The lowest BCUT2D eigenvalue weighted by Crippen LogP contribution is -2.48. The maximum atomic E-state index is 6.10. The number of rotatable bonds is 4. The van der Waals surface area contributed by atoms with Crippen molar-refractivity contribution in [3.63, 3.8) is 0 Å². The Bertz CT molecular complexity index is 948. The van der Waals surface area contributed by atoms with Crippen LogP contribution >= 0.6 is 11.3 Å². The first kappa shape index (κ1) is 19.0. The summed E-state index contributed by atoms with van der Waals surface area (Å²) in [5.74, 6) is 0.928. The molecule has 1 unspecified atom stereocenters. The minimum absolute atomic E-state index is 0.0659. The summed E-state index contributed by atoms with van der Waals surface area (Å²) in [5.41, 5.74) is 4.82. The largest absolute Gasteiger partial charge is 0.370 e. The summed E-state index contributed by atoms with van der Waals surface area (Å²) < 4.78 is 8.15. The van der Waals surface area contributed by atoms with E-state index in [2.05, 4.69) is 60.4 Å². The fourth-order valence-electron chi connectivity index (χ4n) is 3.65. The first-order chi connectivity index (χ1) is 13.6. The Kier molecular flexibility index (Phi) is 5.64. The van der Waals surface area contributed by atoms with Crippen LogP contribution in [0.1, 0.15) is 35.4 Å². The molecule has 1 aliphatic heterocycles. The lowest BCUT2D eigenvalue weighted by Gasteiger charge is -2.36. The number of nitrogens with zero attached hydrogens (tertiary/aromatic N) is 4. The van der Waals surface area contributed by atoms with E-state index >= 15 is 0 Å². The van der Waals surface area contributed by atoms with Crippen molar-refractivity contribution in [3.8, 4) is 0 Å². The zero-order chi connectivity index (χ0) is 19.5. The number of nitrogens with one attached hydrogen (secondary N) is 1. The molecule has 0 bridgehead atoms. The second-order valence-corrected chi connectivity index (χ2v) is 8.03. The molecule has 3 heterocycles. The van der Waals surface area contributed by atoms with Crippen molar-refractivity contribution in [2.45, 2.75) is 33.4 Å². The van der Waals surface area contributed by atoms with Crippen LogP contribution in [0.3, 0.4) is 0 Å². The van der Waals surface area contributed by atoms with Gasteiger partial charge in [-0.05, 0) is 31.9 Å². The number of aliphatic imine (C=N–C) groups is 1. The van der Waals surface area contributed by atoms with Crippen molar-refractivity contribution in [2.24, 2.45) is 4.99 Å². The molecule has 0 spiro atoms. The number of hydrogen-bond acceptors (Lipinski definition) is 4. The van der Waals surface area contributed by atoms with Gasteiger partial charge in [0.05, 0.1) is 25.4 Å². The average Bonchev–Trinajstić information content (AvgIpc) is 3.27. The lowest BCUT2D eigenvalue weighted by atomic mass is 10.00. The van der Waals surface area contributed by atoms with E-state index in [4.69, 9.17) is 9.73 Å². The average molecular weight is 398 g/mol. The highest BCUT2D eigenvalue weighted by Gasteiger charge is 2.25. The fourth-order valence-corrected chi connectivity index (χ4v) is 4.37. The number of imidazole rings is 1. The Morgan fingerprint density at radius 1 is 1.39 bits per heavy atom. The summed E-state index contributed by atoms with van der Waals surface area (Å²) in [5, 5.41) is 5.48. The third-order valence-corrected chi connectivity index (χ3v) is 5.78. The van der Waals surface area contributed by atoms with Gasteiger partial charge >= 0.3 is 0 Å². The number of aromatic nitrogens is 2. The Balaban J connectivity index is 1.50. The van der Waals surface area contributed by atoms with E-state index in [1.165, 1.54) is 16.7 Å². The standard InChI is InChI=1S/C21H27N5OS/c1-4-22-20(23-12-17-13-26-8-10-28-21(26)24-17)25-7-9-27-19(14-25)18-6-5-15(2)11-16(18)3/h5-6,8,10-11,13,19H,4,7,9,12,14H2,1-3H3,(H,22,23). The summed E-state index contributed by atoms with van der Waals surface area (Å²) in [6.07, 6.45) is 4.15. The molecule has 7 heteroatoms. The number of benzene rings is 1. The molecule has 0 amide bonds. The molecule has 6 nitrogen and oxygen atoms in total. The van der Waals surface area contributed by atoms with E-state index in [0.717, 1.165) is 36.2 Å². The normalized spacial score (nSPS) is 18.0. The van der Waals surface area contributed by atoms with Gasteiger partial charge in [0.15, 0.2) is 10.9 Å². The van der Waals surface area contributed by atoms with Crippen LogP contribution < -0.4 is 5.32 Å². The van der Waals surface area contributed by atoms with Crippen LogP contribution in [0, 0.1) is 13.8 Å². The first-order valence-corrected chi connectivity index (χ1v) is 10.6. The van der Waals surface area contributed by atoms with Crippen molar-refractivity contribution < 1.29 is 4.74 Å². The third kappa shape index (κ3) is 4.05. The molecular formula is C21H27N5OS. The maximum Gasteiger partial charge on any atom is 0.194 e. The summed E-state index contributed by atoms with van der Waals surface area (Å²) in [6.45, 7) is 10.1. The van der Waals surface area contributed by atoms with Crippen molar-refractivity contribution in [2.75, 3.05) is 26.2 Å². The molecule has 1 N–H and O–H groups in total. The zero-order valence-electron chi connectivity index (χ0n) is 16.7. The van der Waals surface area contributed by atoms with Gasteiger partial charge in [-0.1, -0.05) is 23.8 Å². The van der Waals surface area contributed by atoms with Gasteiger partial charge in [0.25, 0.3) is 0 Å². The molecule has 1 saturated heterocycles. The molecule has 2 aromatic heterocycles. The van der Waals surface area contributed by atoms with Gasteiger partial charge < -0.3 is 15.0 Å².